The SMILES string of the molecule is Fc1ccc2ncnc(NCCOc3ccc(F)c(F)c3)c2c1. The van der Waals surface area contributed by atoms with Gasteiger partial charge in [0, 0.05) is 11.5 Å². The minimum Gasteiger partial charge on any atom is -0.492 e. The average Bonchev–Trinajstić information content (AvgIpc) is 2.55. The Morgan fingerprint density at radius 3 is 2.65 bits per heavy atom. The van der Waals surface area contributed by atoms with E-state index in [4.69, 9.17) is 4.74 Å². The van der Waals surface area contributed by atoms with Crippen molar-refractivity contribution >= 4 is 16.7 Å². The molecule has 23 heavy (non-hydrogen) atoms. The van der Waals surface area contributed by atoms with Crippen molar-refractivity contribution in [3.05, 3.63) is 60.2 Å². The quantitative estimate of drug-likeness (QED) is 0.731. The summed E-state index contributed by atoms with van der Waals surface area (Å²) in [6.45, 7) is 0.549. The fourth-order valence-corrected chi connectivity index (χ4v) is 2.07. The van der Waals surface area contributed by atoms with E-state index in [2.05, 4.69) is 15.3 Å². The summed E-state index contributed by atoms with van der Waals surface area (Å²) < 4.78 is 44.5. The van der Waals surface area contributed by atoms with Crippen LogP contribution in [0, 0.1) is 17.5 Å². The Morgan fingerprint density at radius 1 is 0.957 bits per heavy atom. The maximum atomic E-state index is 13.3. The predicted octanol–water partition coefficient (Wildman–Crippen LogP) is 3.54. The van der Waals surface area contributed by atoms with Crippen LogP contribution >= 0.6 is 0 Å². The topological polar surface area (TPSA) is 47.0 Å². The predicted molar refractivity (Wildman–Crippen MR) is 79.8 cm³/mol. The maximum absolute atomic E-state index is 13.3. The Kier molecular flexibility index (Phi) is 4.27. The van der Waals surface area contributed by atoms with Gasteiger partial charge in [0.2, 0.25) is 0 Å². The van der Waals surface area contributed by atoms with Crippen molar-refractivity contribution in [3.63, 3.8) is 0 Å². The first kappa shape index (κ1) is 15.1. The fraction of sp³-hybridized carbons (Fsp3) is 0.125. The van der Waals surface area contributed by atoms with Gasteiger partial charge in [-0.05, 0) is 30.3 Å². The summed E-state index contributed by atoms with van der Waals surface area (Å²) in [7, 11) is 0. The minimum absolute atomic E-state index is 0.200. The van der Waals surface area contributed by atoms with E-state index in [-0.39, 0.29) is 18.2 Å². The molecule has 0 bridgehead atoms. The lowest BCUT2D eigenvalue weighted by atomic mass is 10.2. The van der Waals surface area contributed by atoms with Gasteiger partial charge in [0.25, 0.3) is 0 Å². The number of nitrogens with zero attached hydrogens (tertiary/aromatic N) is 2. The van der Waals surface area contributed by atoms with Crippen LogP contribution in [0.2, 0.25) is 0 Å². The molecule has 3 aromatic rings. The second-order valence-corrected chi connectivity index (χ2v) is 4.73. The molecular formula is C16H12F3N3O. The molecule has 0 unspecified atom stereocenters. The molecule has 0 saturated heterocycles. The van der Waals surface area contributed by atoms with Crippen LogP contribution in [0.3, 0.4) is 0 Å². The highest BCUT2D eigenvalue weighted by Crippen LogP contribution is 2.20. The Morgan fingerprint density at radius 2 is 1.83 bits per heavy atom. The van der Waals surface area contributed by atoms with E-state index < -0.39 is 11.6 Å². The number of anilines is 1. The van der Waals surface area contributed by atoms with Crippen molar-refractivity contribution in [1.82, 2.24) is 9.97 Å². The molecule has 1 N–H and O–H groups in total. The van der Waals surface area contributed by atoms with Crippen LogP contribution in [-0.2, 0) is 0 Å². The number of aromatic nitrogens is 2. The third kappa shape index (κ3) is 3.50. The zero-order chi connectivity index (χ0) is 16.2. The minimum atomic E-state index is -0.965. The summed E-state index contributed by atoms with van der Waals surface area (Å²) in [6, 6.07) is 7.55. The van der Waals surface area contributed by atoms with Gasteiger partial charge in [-0.3, -0.25) is 0 Å². The van der Waals surface area contributed by atoms with Gasteiger partial charge in [-0.1, -0.05) is 0 Å². The molecule has 0 spiro atoms. The number of hydrogen-bond acceptors (Lipinski definition) is 4. The smallest absolute Gasteiger partial charge is 0.162 e. The van der Waals surface area contributed by atoms with Crippen LogP contribution in [0.1, 0.15) is 0 Å². The molecule has 1 aromatic heterocycles. The lowest BCUT2D eigenvalue weighted by Gasteiger charge is -2.10. The van der Waals surface area contributed by atoms with Crippen LogP contribution in [-0.4, -0.2) is 23.1 Å². The Balaban J connectivity index is 1.62. The molecule has 118 valence electrons. The molecule has 4 nitrogen and oxygen atoms in total. The highest BCUT2D eigenvalue weighted by molar-refractivity contribution is 5.88. The molecule has 0 fully saturated rings. The third-order valence-corrected chi connectivity index (χ3v) is 3.15. The summed E-state index contributed by atoms with van der Waals surface area (Å²) in [5, 5.41) is 3.56. The van der Waals surface area contributed by atoms with Gasteiger partial charge in [-0.25, -0.2) is 23.1 Å². The zero-order valence-corrected chi connectivity index (χ0v) is 11.9. The van der Waals surface area contributed by atoms with Crippen molar-refractivity contribution in [2.45, 2.75) is 0 Å². The van der Waals surface area contributed by atoms with Crippen molar-refractivity contribution < 1.29 is 17.9 Å². The summed E-state index contributed by atoms with van der Waals surface area (Å²) in [5.74, 6) is -1.57. The van der Waals surface area contributed by atoms with E-state index in [0.717, 1.165) is 12.1 Å². The molecule has 0 aliphatic carbocycles. The summed E-state index contributed by atoms with van der Waals surface area (Å²) in [6.07, 6.45) is 1.37. The molecule has 0 saturated carbocycles. The van der Waals surface area contributed by atoms with Crippen molar-refractivity contribution in [1.29, 1.82) is 0 Å². The first-order chi connectivity index (χ1) is 11.1. The number of hydrogen-bond donors (Lipinski definition) is 1. The number of fused-ring (bicyclic) bond motifs is 1. The van der Waals surface area contributed by atoms with Crippen LogP contribution in [0.25, 0.3) is 10.9 Å². The van der Waals surface area contributed by atoms with E-state index in [1.807, 2.05) is 0 Å². The number of nitrogens with one attached hydrogen (secondary N) is 1. The first-order valence-corrected chi connectivity index (χ1v) is 6.85. The molecule has 0 aliphatic rings. The molecule has 3 rings (SSSR count). The van der Waals surface area contributed by atoms with Crippen LogP contribution in [0.5, 0.6) is 5.75 Å². The fourth-order valence-electron chi connectivity index (χ4n) is 2.07. The summed E-state index contributed by atoms with van der Waals surface area (Å²) in [4.78, 5) is 8.11. The Bertz CT molecular complexity index is 842. The van der Waals surface area contributed by atoms with E-state index in [9.17, 15) is 13.2 Å². The van der Waals surface area contributed by atoms with Crippen molar-refractivity contribution in [2.75, 3.05) is 18.5 Å². The molecule has 0 amide bonds. The van der Waals surface area contributed by atoms with E-state index in [1.54, 1.807) is 6.07 Å². The highest BCUT2D eigenvalue weighted by atomic mass is 19.2. The third-order valence-electron chi connectivity index (χ3n) is 3.15. The van der Waals surface area contributed by atoms with Gasteiger partial charge in [0.05, 0.1) is 12.1 Å². The van der Waals surface area contributed by atoms with Crippen LogP contribution in [0.4, 0.5) is 19.0 Å². The highest BCUT2D eigenvalue weighted by Gasteiger charge is 2.05. The van der Waals surface area contributed by atoms with Gasteiger partial charge < -0.3 is 10.1 Å². The van der Waals surface area contributed by atoms with Gasteiger partial charge in [0.1, 0.15) is 30.3 Å². The van der Waals surface area contributed by atoms with E-state index in [0.29, 0.717) is 23.3 Å². The Hall–Kier alpha value is -2.83. The summed E-state index contributed by atoms with van der Waals surface area (Å²) in [5.41, 5.74) is 0.616. The normalized spacial score (nSPS) is 10.7. The molecular weight excluding hydrogens is 307 g/mol. The lowest BCUT2D eigenvalue weighted by Crippen LogP contribution is -2.13. The van der Waals surface area contributed by atoms with Gasteiger partial charge in [-0.2, -0.15) is 0 Å². The monoisotopic (exact) mass is 319 g/mol. The zero-order valence-electron chi connectivity index (χ0n) is 11.9. The molecule has 7 heteroatoms. The second-order valence-electron chi connectivity index (χ2n) is 4.73. The van der Waals surface area contributed by atoms with E-state index >= 15 is 0 Å². The second kappa shape index (κ2) is 6.51. The van der Waals surface area contributed by atoms with E-state index in [1.165, 1.54) is 24.5 Å². The number of halogens is 3. The van der Waals surface area contributed by atoms with Crippen molar-refractivity contribution in [3.8, 4) is 5.75 Å². The average molecular weight is 319 g/mol. The molecule has 0 radical (unpaired) electrons. The molecule has 0 aliphatic heterocycles. The van der Waals surface area contributed by atoms with Gasteiger partial charge in [0.15, 0.2) is 11.6 Å². The number of benzene rings is 2. The van der Waals surface area contributed by atoms with Gasteiger partial charge >= 0.3 is 0 Å². The Labute approximate surface area is 129 Å². The maximum Gasteiger partial charge on any atom is 0.162 e. The van der Waals surface area contributed by atoms with Crippen LogP contribution in [0.15, 0.2) is 42.7 Å². The van der Waals surface area contributed by atoms with Crippen LogP contribution < -0.4 is 10.1 Å². The molecule has 0 atom stereocenters. The number of ether oxygens (including phenoxy) is 1. The van der Waals surface area contributed by atoms with Crippen molar-refractivity contribution in [2.24, 2.45) is 0 Å². The number of rotatable bonds is 5. The van der Waals surface area contributed by atoms with Gasteiger partial charge in [-0.15, -0.1) is 0 Å². The molecule has 2 aromatic carbocycles. The molecule has 1 heterocycles. The first-order valence-electron chi connectivity index (χ1n) is 6.85. The largest absolute Gasteiger partial charge is 0.492 e. The summed E-state index contributed by atoms with van der Waals surface area (Å²) >= 11 is 0. The lowest BCUT2D eigenvalue weighted by molar-refractivity contribution is 0.329. The standard InChI is InChI=1S/C16H12F3N3O/c17-10-1-4-15-12(7-10)16(22-9-21-15)20-5-6-23-11-2-3-13(18)14(19)8-11/h1-4,7-9H,5-6H2,(H,20,21,22).